The summed E-state index contributed by atoms with van der Waals surface area (Å²) < 4.78 is 33.5. The third-order valence-corrected chi connectivity index (χ3v) is 7.42. The fraction of sp³-hybridized carbons (Fsp3) is 0.429. The summed E-state index contributed by atoms with van der Waals surface area (Å²) >= 11 is 0. The quantitative estimate of drug-likeness (QED) is 0.705. The minimum Gasteiger partial charge on any atom is -0.391 e. The van der Waals surface area contributed by atoms with Crippen molar-refractivity contribution in [3.8, 4) is 0 Å². The van der Waals surface area contributed by atoms with Gasteiger partial charge in [0.2, 0.25) is 10.0 Å². The van der Waals surface area contributed by atoms with E-state index in [0.717, 1.165) is 11.1 Å². The molecule has 146 valence electrons. The molecule has 2 aromatic rings. The first-order valence-corrected chi connectivity index (χ1v) is 10.7. The first-order chi connectivity index (χ1) is 12.8. The highest BCUT2D eigenvalue weighted by atomic mass is 32.2. The summed E-state index contributed by atoms with van der Waals surface area (Å²) in [6.07, 6.45) is -0.269. The number of benzene rings is 2. The molecule has 1 aliphatic heterocycles. The van der Waals surface area contributed by atoms with Crippen LogP contribution in [0.5, 0.6) is 0 Å². The summed E-state index contributed by atoms with van der Waals surface area (Å²) in [6.45, 7) is 6.22. The van der Waals surface area contributed by atoms with E-state index in [1.54, 1.807) is 31.2 Å². The van der Waals surface area contributed by atoms with E-state index in [4.69, 9.17) is 4.74 Å². The Kier molecular flexibility index (Phi) is 5.72. The third-order valence-electron chi connectivity index (χ3n) is 5.39. The van der Waals surface area contributed by atoms with Crippen molar-refractivity contribution in [3.63, 3.8) is 0 Å². The van der Waals surface area contributed by atoms with Crippen molar-refractivity contribution in [1.29, 1.82) is 0 Å². The normalized spacial score (nSPS) is 25.9. The summed E-state index contributed by atoms with van der Waals surface area (Å²) in [5, 5.41) is 10.5. The standard InChI is InChI=1S/C21H27NO4S/c1-4-20(23)21(3)19(15-26-14-17-8-6-5-7-9-17)22(21)27(24,25)18-12-10-16(2)11-13-18/h5-13,19-20,23H,4,14-15H2,1-3H3/t19-,20-,21+,22?/m0/s1. The van der Waals surface area contributed by atoms with Crippen LogP contribution >= 0.6 is 0 Å². The predicted octanol–water partition coefficient (Wildman–Crippen LogP) is 3.11. The second kappa shape index (κ2) is 7.72. The van der Waals surface area contributed by atoms with Gasteiger partial charge >= 0.3 is 0 Å². The van der Waals surface area contributed by atoms with Gasteiger partial charge in [0.15, 0.2) is 0 Å². The van der Waals surface area contributed by atoms with Gasteiger partial charge in [-0.05, 0) is 38.0 Å². The number of aryl methyl sites for hydroxylation is 1. The van der Waals surface area contributed by atoms with Crippen molar-refractivity contribution < 1.29 is 18.3 Å². The Bertz CT molecular complexity index is 867. The molecule has 2 aromatic carbocycles. The molecule has 1 saturated heterocycles. The molecule has 4 atom stereocenters. The van der Waals surface area contributed by atoms with E-state index in [1.807, 2.05) is 44.2 Å². The lowest BCUT2D eigenvalue weighted by molar-refractivity contribution is 0.0967. The number of nitrogens with zero attached hydrogens (tertiary/aromatic N) is 1. The fourth-order valence-corrected chi connectivity index (χ4v) is 5.60. The molecule has 5 nitrogen and oxygen atoms in total. The van der Waals surface area contributed by atoms with Gasteiger partial charge in [0.1, 0.15) is 0 Å². The molecule has 1 aliphatic rings. The van der Waals surface area contributed by atoms with Crippen LogP contribution in [0, 0.1) is 6.92 Å². The lowest BCUT2D eigenvalue weighted by Crippen LogP contribution is -2.33. The lowest BCUT2D eigenvalue weighted by Gasteiger charge is -2.18. The lowest BCUT2D eigenvalue weighted by atomic mass is 9.98. The Morgan fingerprint density at radius 3 is 2.37 bits per heavy atom. The molecular weight excluding hydrogens is 362 g/mol. The van der Waals surface area contributed by atoms with Crippen LogP contribution in [0.3, 0.4) is 0 Å². The number of hydrogen-bond donors (Lipinski definition) is 1. The van der Waals surface area contributed by atoms with Crippen molar-refractivity contribution >= 4 is 10.0 Å². The highest BCUT2D eigenvalue weighted by molar-refractivity contribution is 7.89. The molecule has 0 bridgehead atoms. The number of hydrogen-bond acceptors (Lipinski definition) is 4. The van der Waals surface area contributed by atoms with Gasteiger partial charge in [0.05, 0.1) is 35.8 Å². The van der Waals surface area contributed by atoms with Crippen LogP contribution in [-0.2, 0) is 21.4 Å². The Labute approximate surface area is 161 Å². The SMILES string of the molecule is CC[C@H](O)[C@@]1(C)[C@H](COCc2ccccc2)N1S(=O)(=O)c1ccc(C)cc1. The highest BCUT2D eigenvalue weighted by Crippen LogP contribution is 2.49. The first-order valence-electron chi connectivity index (χ1n) is 9.22. The van der Waals surface area contributed by atoms with E-state index in [1.165, 1.54) is 4.31 Å². The van der Waals surface area contributed by atoms with Crippen molar-refractivity contribution in [1.82, 2.24) is 4.31 Å². The van der Waals surface area contributed by atoms with Gasteiger partial charge in [-0.3, -0.25) is 0 Å². The molecule has 0 aliphatic carbocycles. The van der Waals surface area contributed by atoms with E-state index < -0.39 is 21.7 Å². The summed E-state index contributed by atoms with van der Waals surface area (Å²) in [5.41, 5.74) is 1.18. The molecule has 1 fully saturated rings. The zero-order valence-electron chi connectivity index (χ0n) is 16.0. The topological polar surface area (TPSA) is 66.6 Å². The molecule has 3 rings (SSSR count). The van der Waals surface area contributed by atoms with E-state index >= 15 is 0 Å². The van der Waals surface area contributed by atoms with Gasteiger partial charge in [-0.25, -0.2) is 8.42 Å². The van der Waals surface area contributed by atoms with Gasteiger partial charge in [-0.1, -0.05) is 55.0 Å². The number of rotatable bonds is 8. The molecule has 0 saturated carbocycles. The van der Waals surface area contributed by atoms with Gasteiger partial charge in [0, 0.05) is 0 Å². The third kappa shape index (κ3) is 3.80. The van der Waals surface area contributed by atoms with E-state index in [-0.39, 0.29) is 17.5 Å². The van der Waals surface area contributed by atoms with Crippen molar-refractivity contribution in [2.24, 2.45) is 0 Å². The predicted molar refractivity (Wildman–Crippen MR) is 105 cm³/mol. The highest BCUT2D eigenvalue weighted by Gasteiger charge is 2.68. The molecule has 0 radical (unpaired) electrons. The van der Waals surface area contributed by atoms with Crippen LogP contribution in [-0.4, -0.2) is 42.1 Å². The second-order valence-corrected chi connectivity index (χ2v) is 9.10. The number of aliphatic hydroxyl groups is 1. The summed E-state index contributed by atoms with van der Waals surface area (Å²) in [7, 11) is -3.70. The van der Waals surface area contributed by atoms with Crippen LogP contribution in [0.15, 0.2) is 59.5 Å². The van der Waals surface area contributed by atoms with Crippen molar-refractivity contribution in [3.05, 3.63) is 65.7 Å². The van der Waals surface area contributed by atoms with E-state index in [2.05, 4.69) is 0 Å². The molecule has 1 N–H and O–H groups in total. The average molecular weight is 390 g/mol. The Morgan fingerprint density at radius 1 is 1.15 bits per heavy atom. The Balaban J connectivity index is 1.78. The smallest absolute Gasteiger partial charge is 0.244 e. The van der Waals surface area contributed by atoms with E-state index in [9.17, 15) is 13.5 Å². The zero-order valence-corrected chi connectivity index (χ0v) is 16.8. The Morgan fingerprint density at radius 2 is 1.78 bits per heavy atom. The molecular formula is C21H27NO4S. The van der Waals surface area contributed by atoms with Crippen LogP contribution in [0.25, 0.3) is 0 Å². The van der Waals surface area contributed by atoms with Gasteiger partial charge in [0.25, 0.3) is 0 Å². The maximum absolute atomic E-state index is 13.1. The largest absolute Gasteiger partial charge is 0.391 e. The number of sulfonamides is 1. The minimum atomic E-state index is -3.70. The van der Waals surface area contributed by atoms with Gasteiger partial charge < -0.3 is 9.84 Å². The van der Waals surface area contributed by atoms with Gasteiger partial charge in [-0.2, -0.15) is 4.31 Å². The van der Waals surface area contributed by atoms with Gasteiger partial charge in [-0.15, -0.1) is 0 Å². The number of ether oxygens (including phenoxy) is 1. The molecule has 6 heteroatoms. The number of aliphatic hydroxyl groups excluding tert-OH is 1. The summed E-state index contributed by atoms with van der Waals surface area (Å²) in [4.78, 5) is 0.244. The monoisotopic (exact) mass is 389 g/mol. The summed E-state index contributed by atoms with van der Waals surface area (Å²) in [5.74, 6) is 0. The maximum Gasteiger partial charge on any atom is 0.244 e. The molecule has 1 heterocycles. The second-order valence-electron chi connectivity index (χ2n) is 7.28. The van der Waals surface area contributed by atoms with Crippen molar-refractivity contribution in [2.75, 3.05) is 6.61 Å². The average Bonchev–Trinajstić information content (AvgIpc) is 3.29. The van der Waals surface area contributed by atoms with Crippen molar-refractivity contribution in [2.45, 2.75) is 56.4 Å². The molecule has 1 unspecified atom stereocenters. The molecule has 0 amide bonds. The maximum atomic E-state index is 13.1. The fourth-order valence-electron chi connectivity index (χ4n) is 3.57. The van der Waals surface area contributed by atoms with Crippen LogP contribution in [0.2, 0.25) is 0 Å². The first kappa shape index (κ1) is 20.0. The minimum absolute atomic E-state index is 0.244. The van der Waals surface area contributed by atoms with Crippen LogP contribution in [0.4, 0.5) is 0 Å². The summed E-state index contributed by atoms with van der Waals surface area (Å²) in [6, 6.07) is 16.2. The zero-order chi connectivity index (χ0) is 19.7. The van der Waals surface area contributed by atoms with Crippen LogP contribution in [0.1, 0.15) is 31.4 Å². The van der Waals surface area contributed by atoms with Crippen LogP contribution < -0.4 is 0 Å². The Hall–Kier alpha value is -1.73. The van der Waals surface area contributed by atoms with E-state index in [0.29, 0.717) is 13.0 Å². The molecule has 27 heavy (non-hydrogen) atoms. The molecule has 0 aromatic heterocycles. The molecule has 0 spiro atoms.